The SMILES string of the molecule is CCCCCCCCC(N)Cc1cccc(Cl)c1Cl. The number of unbranched alkanes of at least 4 members (excludes halogenated alkanes) is 5. The molecule has 0 aliphatic rings. The molecule has 0 radical (unpaired) electrons. The second-order valence-corrected chi connectivity index (χ2v) is 6.02. The number of rotatable bonds is 9. The summed E-state index contributed by atoms with van der Waals surface area (Å²) in [5.74, 6) is 0. The van der Waals surface area contributed by atoms with Crippen molar-refractivity contribution in [1.82, 2.24) is 0 Å². The Morgan fingerprint density at radius 1 is 1.05 bits per heavy atom. The van der Waals surface area contributed by atoms with Crippen molar-refractivity contribution in [2.45, 2.75) is 64.3 Å². The smallest absolute Gasteiger partial charge is 0.0624 e. The standard InChI is InChI=1S/C16H25Cl2N/c1-2-3-4-5-6-7-10-14(19)12-13-9-8-11-15(17)16(13)18/h8-9,11,14H,2-7,10,12,19H2,1H3. The van der Waals surface area contributed by atoms with E-state index in [1.165, 1.54) is 38.5 Å². The average molecular weight is 302 g/mol. The summed E-state index contributed by atoms with van der Waals surface area (Å²) in [6.07, 6.45) is 9.71. The van der Waals surface area contributed by atoms with Gasteiger partial charge >= 0.3 is 0 Å². The van der Waals surface area contributed by atoms with Crippen LogP contribution in [0.1, 0.15) is 57.4 Å². The molecule has 3 heteroatoms. The quantitative estimate of drug-likeness (QED) is 0.589. The second-order valence-electron chi connectivity index (χ2n) is 5.23. The first-order valence-electron chi connectivity index (χ1n) is 7.33. The van der Waals surface area contributed by atoms with Crippen LogP contribution in [0.25, 0.3) is 0 Å². The normalized spacial score (nSPS) is 12.6. The molecule has 0 bridgehead atoms. The lowest BCUT2D eigenvalue weighted by molar-refractivity contribution is 0.532. The third-order valence-electron chi connectivity index (χ3n) is 3.44. The molecule has 2 N–H and O–H groups in total. The monoisotopic (exact) mass is 301 g/mol. The Hall–Kier alpha value is -0.240. The molecule has 1 nitrogen and oxygen atoms in total. The summed E-state index contributed by atoms with van der Waals surface area (Å²) in [6.45, 7) is 2.24. The van der Waals surface area contributed by atoms with Crippen molar-refractivity contribution in [3.8, 4) is 0 Å². The lowest BCUT2D eigenvalue weighted by Crippen LogP contribution is -2.22. The van der Waals surface area contributed by atoms with Crippen LogP contribution in [0.5, 0.6) is 0 Å². The van der Waals surface area contributed by atoms with Gasteiger partial charge in [0.15, 0.2) is 0 Å². The molecule has 0 spiro atoms. The van der Waals surface area contributed by atoms with Crippen LogP contribution in [0.15, 0.2) is 18.2 Å². The molecule has 1 aromatic carbocycles. The van der Waals surface area contributed by atoms with E-state index in [9.17, 15) is 0 Å². The molecule has 0 saturated carbocycles. The van der Waals surface area contributed by atoms with Gasteiger partial charge in [-0.25, -0.2) is 0 Å². The Labute approximate surface area is 127 Å². The molecule has 0 aliphatic heterocycles. The Bertz CT molecular complexity index is 366. The van der Waals surface area contributed by atoms with Gasteiger partial charge in [-0.1, -0.05) is 80.8 Å². The fraction of sp³-hybridized carbons (Fsp3) is 0.625. The number of benzene rings is 1. The minimum atomic E-state index is 0.183. The fourth-order valence-electron chi connectivity index (χ4n) is 2.28. The highest BCUT2D eigenvalue weighted by atomic mass is 35.5. The van der Waals surface area contributed by atoms with E-state index >= 15 is 0 Å². The van der Waals surface area contributed by atoms with Crippen molar-refractivity contribution >= 4 is 23.2 Å². The van der Waals surface area contributed by atoms with E-state index in [-0.39, 0.29) is 6.04 Å². The van der Waals surface area contributed by atoms with Gasteiger partial charge in [0, 0.05) is 6.04 Å². The van der Waals surface area contributed by atoms with E-state index < -0.39 is 0 Å². The van der Waals surface area contributed by atoms with Crippen LogP contribution in [-0.2, 0) is 6.42 Å². The van der Waals surface area contributed by atoms with Gasteiger partial charge < -0.3 is 5.73 Å². The molecule has 19 heavy (non-hydrogen) atoms. The van der Waals surface area contributed by atoms with E-state index in [0.717, 1.165) is 18.4 Å². The van der Waals surface area contributed by atoms with Crippen molar-refractivity contribution in [3.63, 3.8) is 0 Å². The lowest BCUT2D eigenvalue weighted by Gasteiger charge is -2.13. The zero-order chi connectivity index (χ0) is 14.1. The van der Waals surface area contributed by atoms with Crippen molar-refractivity contribution < 1.29 is 0 Å². The summed E-state index contributed by atoms with van der Waals surface area (Å²) in [4.78, 5) is 0. The molecular formula is C16H25Cl2N. The van der Waals surface area contributed by atoms with Gasteiger partial charge in [-0.05, 0) is 24.5 Å². The Morgan fingerprint density at radius 2 is 1.74 bits per heavy atom. The van der Waals surface area contributed by atoms with Crippen molar-refractivity contribution in [3.05, 3.63) is 33.8 Å². The summed E-state index contributed by atoms with van der Waals surface area (Å²) in [5.41, 5.74) is 7.23. The zero-order valence-corrected chi connectivity index (χ0v) is 13.3. The molecule has 1 atom stereocenters. The lowest BCUT2D eigenvalue weighted by atomic mass is 10.0. The highest BCUT2D eigenvalue weighted by molar-refractivity contribution is 6.42. The summed E-state index contributed by atoms with van der Waals surface area (Å²) in [5, 5.41) is 1.27. The molecule has 1 unspecified atom stereocenters. The Kier molecular flexibility index (Phi) is 8.52. The van der Waals surface area contributed by atoms with E-state index in [2.05, 4.69) is 6.92 Å². The number of nitrogens with two attached hydrogens (primary N) is 1. The molecular weight excluding hydrogens is 277 g/mol. The average Bonchev–Trinajstić information content (AvgIpc) is 2.39. The highest BCUT2D eigenvalue weighted by Gasteiger charge is 2.09. The highest BCUT2D eigenvalue weighted by Crippen LogP contribution is 2.26. The molecule has 0 amide bonds. The van der Waals surface area contributed by atoms with Gasteiger partial charge in [-0.15, -0.1) is 0 Å². The van der Waals surface area contributed by atoms with Crippen LogP contribution in [-0.4, -0.2) is 6.04 Å². The van der Waals surface area contributed by atoms with Crippen LogP contribution >= 0.6 is 23.2 Å². The topological polar surface area (TPSA) is 26.0 Å². The molecule has 0 heterocycles. The van der Waals surface area contributed by atoms with Gasteiger partial charge in [0.1, 0.15) is 0 Å². The Morgan fingerprint density at radius 3 is 2.47 bits per heavy atom. The third kappa shape index (κ3) is 6.65. The first-order valence-corrected chi connectivity index (χ1v) is 8.09. The number of halogens is 2. The summed E-state index contributed by atoms with van der Waals surface area (Å²) in [6, 6.07) is 5.94. The van der Waals surface area contributed by atoms with Gasteiger partial charge in [-0.2, -0.15) is 0 Å². The van der Waals surface area contributed by atoms with E-state index in [4.69, 9.17) is 28.9 Å². The van der Waals surface area contributed by atoms with Gasteiger partial charge in [0.2, 0.25) is 0 Å². The molecule has 0 aliphatic carbocycles. The van der Waals surface area contributed by atoms with Crippen molar-refractivity contribution in [1.29, 1.82) is 0 Å². The van der Waals surface area contributed by atoms with Crippen LogP contribution in [0.3, 0.4) is 0 Å². The number of hydrogen-bond acceptors (Lipinski definition) is 1. The Balaban J connectivity index is 2.23. The minimum Gasteiger partial charge on any atom is -0.327 e. The van der Waals surface area contributed by atoms with E-state index in [1.54, 1.807) is 0 Å². The first-order chi connectivity index (χ1) is 9.15. The first kappa shape index (κ1) is 16.8. The predicted octanol–water partition coefficient (Wildman–Crippen LogP) is 5.61. The number of hydrogen-bond donors (Lipinski definition) is 1. The second kappa shape index (κ2) is 9.63. The molecule has 0 fully saturated rings. The van der Waals surface area contributed by atoms with Gasteiger partial charge in [-0.3, -0.25) is 0 Å². The molecule has 0 aromatic heterocycles. The van der Waals surface area contributed by atoms with Crippen LogP contribution in [0.2, 0.25) is 10.0 Å². The summed E-state index contributed by atoms with van der Waals surface area (Å²) in [7, 11) is 0. The van der Waals surface area contributed by atoms with Gasteiger partial charge in [0.05, 0.1) is 10.0 Å². The predicted molar refractivity (Wildman–Crippen MR) is 86.1 cm³/mol. The minimum absolute atomic E-state index is 0.183. The molecule has 1 rings (SSSR count). The van der Waals surface area contributed by atoms with Crippen molar-refractivity contribution in [2.24, 2.45) is 5.73 Å². The third-order valence-corrected chi connectivity index (χ3v) is 4.30. The summed E-state index contributed by atoms with van der Waals surface area (Å²) >= 11 is 12.2. The zero-order valence-electron chi connectivity index (χ0n) is 11.8. The van der Waals surface area contributed by atoms with Crippen LogP contribution < -0.4 is 5.73 Å². The van der Waals surface area contributed by atoms with E-state index in [1.807, 2.05) is 18.2 Å². The summed E-state index contributed by atoms with van der Waals surface area (Å²) < 4.78 is 0. The van der Waals surface area contributed by atoms with Gasteiger partial charge in [0.25, 0.3) is 0 Å². The molecule has 1 aromatic rings. The maximum absolute atomic E-state index is 6.17. The van der Waals surface area contributed by atoms with Crippen molar-refractivity contribution in [2.75, 3.05) is 0 Å². The van der Waals surface area contributed by atoms with E-state index in [0.29, 0.717) is 10.0 Å². The van der Waals surface area contributed by atoms with Crippen LogP contribution in [0, 0.1) is 0 Å². The maximum Gasteiger partial charge on any atom is 0.0624 e. The maximum atomic E-state index is 6.17. The molecule has 0 saturated heterocycles. The fourth-order valence-corrected chi connectivity index (χ4v) is 2.67. The molecule has 108 valence electrons. The van der Waals surface area contributed by atoms with Crippen LogP contribution in [0.4, 0.5) is 0 Å². The largest absolute Gasteiger partial charge is 0.327 e.